The minimum Gasteiger partial charge on any atom is -0.492 e. The third-order valence-corrected chi connectivity index (χ3v) is 7.10. The Morgan fingerprint density at radius 2 is 1.93 bits per heavy atom. The molecule has 0 aromatic heterocycles. The SMILES string of the molecule is CCOc1ccc(Br)cc1S(=O)(=O)N1Cc2ccccc2C[C@H]1C(=O)NC(C)C. The molecule has 6 nitrogen and oxygen atoms in total. The van der Waals surface area contributed by atoms with E-state index >= 15 is 0 Å². The average molecular weight is 481 g/mol. The van der Waals surface area contributed by atoms with Crippen LogP contribution in [0, 0.1) is 0 Å². The zero-order valence-corrected chi connectivity index (χ0v) is 19.1. The molecule has 1 N–H and O–H groups in total. The van der Waals surface area contributed by atoms with Gasteiger partial charge in [-0.15, -0.1) is 0 Å². The van der Waals surface area contributed by atoms with E-state index in [4.69, 9.17) is 4.74 Å². The van der Waals surface area contributed by atoms with Gasteiger partial charge in [0.15, 0.2) is 0 Å². The Hall–Kier alpha value is -1.90. The Balaban J connectivity index is 2.09. The summed E-state index contributed by atoms with van der Waals surface area (Å²) < 4.78 is 34.9. The van der Waals surface area contributed by atoms with Crippen molar-refractivity contribution in [2.75, 3.05) is 6.61 Å². The van der Waals surface area contributed by atoms with E-state index in [1.54, 1.807) is 19.1 Å². The standard InChI is InChI=1S/C21H25BrN2O4S/c1-4-28-19-10-9-17(22)12-20(19)29(26,27)24-13-16-8-6-5-7-15(16)11-18(24)21(25)23-14(2)3/h5-10,12,14,18H,4,11,13H2,1-3H3,(H,23,25)/t18-/m0/s1. The number of rotatable bonds is 6. The summed E-state index contributed by atoms with van der Waals surface area (Å²) in [6, 6.07) is 11.6. The van der Waals surface area contributed by atoms with Crippen LogP contribution >= 0.6 is 15.9 Å². The highest BCUT2D eigenvalue weighted by molar-refractivity contribution is 9.10. The zero-order chi connectivity index (χ0) is 21.2. The molecule has 1 aliphatic rings. The summed E-state index contributed by atoms with van der Waals surface area (Å²) in [6.07, 6.45) is 0.325. The van der Waals surface area contributed by atoms with E-state index in [1.807, 2.05) is 38.1 Å². The van der Waals surface area contributed by atoms with Crippen molar-refractivity contribution in [2.24, 2.45) is 0 Å². The minimum absolute atomic E-state index is 0.0513. The van der Waals surface area contributed by atoms with E-state index in [1.165, 1.54) is 10.4 Å². The van der Waals surface area contributed by atoms with E-state index in [0.717, 1.165) is 11.1 Å². The van der Waals surface area contributed by atoms with Gasteiger partial charge in [0.2, 0.25) is 15.9 Å². The number of carbonyl (C=O) groups is 1. The third-order valence-electron chi connectivity index (χ3n) is 4.73. The van der Waals surface area contributed by atoms with Gasteiger partial charge in [-0.3, -0.25) is 4.79 Å². The lowest BCUT2D eigenvalue weighted by atomic mass is 9.95. The van der Waals surface area contributed by atoms with Crippen LogP contribution in [0.25, 0.3) is 0 Å². The number of carbonyl (C=O) groups excluding carboxylic acids is 1. The van der Waals surface area contributed by atoms with Crippen LogP contribution in [0.1, 0.15) is 31.9 Å². The molecule has 2 aromatic rings. The monoisotopic (exact) mass is 480 g/mol. The summed E-state index contributed by atoms with van der Waals surface area (Å²) in [6.45, 7) is 5.98. The van der Waals surface area contributed by atoms with E-state index in [2.05, 4.69) is 21.2 Å². The van der Waals surface area contributed by atoms with Crippen LogP contribution < -0.4 is 10.1 Å². The van der Waals surface area contributed by atoms with Crippen LogP contribution in [0.2, 0.25) is 0 Å². The summed E-state index contributed by atoms with van der Waals surface area (Å²) in [5.41, 5.74) is 1.89. The predicted molar refractivity (Wildman–Crippen MR) is 115 cm³/mol. The molecule has 156 valence electrons. The Morgan fingerprint density at radius 1 is 1.24 bits per heavy atom. The highest BCUT2D eigenvalue weighted by Gasteiger charge is 2.40. The molecule has 0 bridgehead atoms. The third kappa shape index (κ3) is 4.65. The fraction of sp³-hybridized carbons (Fsp3) is 0.381. The van der Waals surface area contributed by atoms with Crippen molar-refractivity contribution in [2.45, 2.75) is 50.7 Å². The van der Waals surface area contributed by atoms with Crippen molar-refractivity contribution < 1.29 is 17.9 Å². The van der Waals surface area contributed by atoms with Crippen LogP contribution in [0.15, 0.2) is 51.8 Å². The Bertz CT molecular complexity index is 1010. The maximum Gasteiger partial charge on any atom is 0.247 e. The number of benzene rings is 2. The Morgan fingerprint density at radius 3 is 2.59 bits per heavy atom. The zero-order valence-electron chi connectivity index (χ0n) is 16.7. The molecule has 8 heteroatoms. The first kappa shape index (κ1) is 21.8. The highest BCUT2D eigenvalue weighted by Crippen LogP contribution is 2.34. The Labute approximate surface area is 180 Å². The lowest BCUT2D eigenvalue weighted by Gasteiger charge is -2.35. The van der Waals surface area contributed by atoms with Crippen LogP contribution in [0.5, 0.6) is 5.75 Å². The number of hydrogen-bond acceptors (Lipinski definition) is 4. The van der Waals surface area contributed by atoms with Crippen molar-refractivity contribution in [1.82, 2.24) is 9.62 Å². The molecule has 29 heavy (non-hydrogen) atoms. The first-order valence-electron chi connectivity index (χ1n) is 9.55. The molecule has 0 saturated carbocycles. The Kier molecular flexibility index (Phi) is 6.65. The second-order valence-corrected chi connectivity index (χ2v) is 10.0. The summed E-state index contributed by atoms with van der Waals surface area (Å²) in [7, 11) is -3.99. The van der Waals surface area contributed by atoms with E-state index in [0.29, 0.717) is 17.5 Å². The van der Waals surface area contributed by atoms with Gasteiger partial charge in [-0.25, -0.2) is 8.42 Å². The van der Waals surface area contributed by atoms with Gasteiger partial charge in [-0.1, -0.05) is 40.2 Å². The fourth-order valence-electron chi connectivity index (χ4n) is 3.44. The topological polar surface area (TPSA) is 75.7 Å². The van der Waals surface area contributed by atoms with Crippen molar-refractivity contribution in [3.05, 3.63) is 58.1 Å². The van der Waals surface area contributed by atoms with E-state index in [9.17, 15) is 13.2 Å². The van der Waals surface area contributed by atoms with Crippen LogP contribution in [0.3, 0.4) is 0 Å². The summed E-state index contributed by atoms with van der Waals surface area (Å²) in [5.74, 6) is -0.0244. The van der Waals surface area contributed by atoms with Gasteiger partial charge in [-0.05, 0) is 56.5 Å². The molecule has 0 aliphatic carbocycles. The molecule has 2 aromatic carbocycles. The van der Waals surface area contributed by atoms with Crippen molar-refractivity contribution in [3.8, 4) is 5.75 Å². The van der Waals surface area contributed by atoms with Crippen LogP contribution in [-0.2, 0) is 27.8 Å². The lowest BCUT2D eigenvalue weighted by Crippen LogP contribution is -2.53. The van der Waals surface area contributed by atoms with Gasteiger partial charge in [0.05, 0.1) is 6.61 Å². The average Bonchev–Trinajstić information content (AvgIpc) is 2.68. The van der Waals surface area contributed by atoms with E-state index in [-0.39, 0.29) is 29.1 Å². The number of amides is 1. The molecule has 1 atom stereocenters. The normalized spacial score (nSPS) is 17.1. The number of ether oxygens (including phenoxy) is 1. The molecule has 1 amide bonds. The maximum atomic E-state index is 13.7. The first-order valence-corrected chi connectivity index (χ1v) is 11.8. The number of nitrogens with one attached hydrogen (secondary N) is 1. The molecule has 0 spiro atoms. The molecule has 1 heterocycles. The van der Waals surface area contributed by atoms with Crippen molar-refractivity contribution >= 4 is 31.9 Å². The predicted octanol–water partition coefficient (Wildman–Crippen LogP) is 3.49. The molecule has 0 unspecified atom stereocenters. The van der Waals surface area contributed by atoms with Crippen LogP contribution in [-0.4, -0.2) is 37.3 Å². The van der Waals surface area contributed by atoms with E-state index < -0.39 is 16.1 Å². The second-order valence-electron chi connectivity index (χ2n) is 7.23. The summed E-state index contributed by atoms with van der Waals surface area (Å²) in [5, 5.41) is 2.86. The van der Waals surface area contributed by atoms with Gasteiger partial charge in [-0.2, -0.15) is 4.31 Å². The highest BCUT2D eigenvalue weighted by atomic mass is 79.9. The molecule has 3 rings (SSSR count). The van der Waals surface area contributed by atoms with Gasteiger partial charge in [0.25, 0.3) is 0 Å². The number of hydrogen-bond donors (Lipinski definition) is 1. The van der Waals surface area contributed by atoms with Gasteiger partial charge in [0, 0.05) is 17.1 Å². The molecular weight excluding hydrogens is 456 g/mol. The molecule has 0 fully saturated rings. The number of nitrogens with zero attached hydrogens (tertiary/aromatic N) is 1. The molecule has 0 saturated heterocycles. The number of fused-ring (bicyclic) bond motifs is 1. The quantitative estimate of drug-likeness (QED) is 0.686. The first-order chi connectivity index (χ1) is 13.7. The van der Waals surface area contributed by atoms with Gasteiger partial charge in [0.1, 0.15) is 16.7 Å². The maximum absolute atomic E-state index is 13.7. The van der Waals surface area contributed by atoms with Gasteiger partial charge < -0.3 is 10.1 Å². The smallest absolute Gasteiger partial charge is 0.247 e. The fourth-order valence-corrected chi connectivity index (χ4v) is 5.68. The van der Waals surface area contributed by atoms with Crippen molar-refractivity contribution in [1.29, 1.82) is 0 Å². The molecular formula is C21H25BrN2O4S. The summed E-state index contributed by atoms with van der Waals surface area (Å²) in [4.78, 5) is 13.0. The summed E-state index contributed by atoms with van der Waals surface area (Å²) >= 11 is 3.35. The van der Waals surface area contributed by atoms with Gasteiger partial charge >= 0.3 is 0 Å². The second kappa shape index (κ2) is 8.85. The largest absolute Gasteiger partial charge is 0.492 e. The van der Waals surface area contributed by atoms with Crippen LogP contribution in [0.4, 0.5) is 0 Å². The molecule has 0 radical (unpaired) electrons. The van der Waals surface area contributed by atoms with Crippen molar-refractivity contribution in [3.63, 3.8) is 0 Å². The number of sulfonamides is 1. The number of halogens is 1. The molecule has 1 aliphatic heterocycles. The lowest BCUT2D eigenvalue weighted by molar-refractivity contribution is -0.125. The minimum atomic E-state index is -3.99.